The molecule has 1 aliphatic carbocycles. The number of amides is 2. The summed E-state index contributed by atoms with van der Waals surface area (Å²) in [7, 11) is 1.61. The first-order valence-electron chi connectivity index (χ1n) is 5.88. The van der Waals surface area contributed by atoms with Crippen LogP contribution in [0.4, 0.5) is 4.79 Å². The van der Waals surface area contributed by atoms with E-state index in [1.165, 1.54) is 0 Å². The van der Waals surface area contributed by atoms with Gasteiger partial charge in [0, 0.05) is 26.3 Å². The van der Waals surface area contributed by atoms with Crippen molar-refractivity contribution in [2.75, 3.05) is 20.3 Å². The number of nitrogens with one attached hydrogen (secondary N) is 2. The van der Waals surface area contributed by atoms with Crippen LogP contribution in [0.5, 0.6) is 0 Å². The van der Waals surface area contributed by atoms with E-state index >= 15 is 0 Å². The van der Waals surface area contributed by atoms with Crippen LogP contribution in [0.3, 0.4) is 0 Å². The molecular formula is C11H20N2O4. The molecule has 6 heteroatoms. The summed E-state index contributed by atoms with van der Waals surface area (Å²) in [6, 6.07) is -0.533. The van der Waals surface area contributed by atoms with E-state index in [4.69, 9.17) is 9.84 Å². The van der Waals surface area contributed by atoms with E-state index in [2.05, 4.69) is 10.6 Å². The van der Waals surface area contributed by atoms with Gasteiger partial charge in [-0.15, -0.1) is 0 Å². The highest BCUT2D eigenvalue weighted by atomic mass is 16.5. The normalized spacial score (nSPS) is 16.3. The lowest BCUT2D eigenvalue weighted by molar-refractivity contribution is -0.137. The van der Waals surface area contributed by atoms with E-state index in [1.54, 1.807) is 7.11 Å². The fourth-order valence-electron chi connectivity index (χ4n) is 1.66. The highest BCUT2D eigenvalue weighted by molar-refractivity contribution is 5.75. The molecular weight excluding hydrogens is 224 g/mol. The lowest BCUT2D eigenvalue weighted by Crippen LogP contribution is -2.44. The Labute approximate surface area is 101 Å². The minimum Gasteiger partial charge on any atom is -0.481 e. The molecule has 6 nitrogen and oxygen atoms in total. The first kappa shape index (κ1) is 13.8. The molecule has 0 aliphatic heterocycles. The van der Waals surface area contributed by atoms with E-state index in [-0.39, 0.29) is 18.5 Å². The van der Waals surface area contributed by atoms with Crippen molar-refractivity contribution in [1.82, 2.24) is 10.6 Å². The van der Waals surface area contributed by atoms with Crippen molar-refractivity contribution in [3.05, 3.63) is 0 Å². The molecule has 1 aliphatic rings. The summed E-state index contributed by atoms with van der Waals surface area (Å²) in [6.07, 6.45) is 2.75. The summed E-state index contributed by atoms with van der Waals surface area (Å²) in [4.78, 5) is 22.1. The van der Waals surface area contributed by atoms with Crippen molar-refractivity contribution < 1.29 is 19.4 Å². The number of methoxy groups -OCH3 is 1. The third-order valence-electron chi connectivity index (χ3n) is 2.71. The van der Waals surface area contributed by atoms with Crippen LogP contribution >= 0.6 is 0 Å². The number of ether oxygens (including phenoxy) is 1. The fraction of sp³-hybridized carbons (Fsp3) is 0.818. The number of carboxylic acids is 1. The van der Waals surface area contributed by atoms with Gasteiger partial charge in [0.2, 0.25) is 0 Å². The second kappa shape index (κ2) is 7.11. The zero-order chi connectivity index (χ0) is 12.7. The topological polar surface area (TPSA) is 87.7 Å². The van der Waals surface area contributed by atoms with Crippen molar-refractivity contribution >= 4 is 12.0 Å². The molecule has 0 spiro atoms. The summed E-state index contributed by atoms with van der Waals surface area (Å²) in [5.41, 5.74) is 0. The first-order chi connectivity index (χ1) is 8.13. The second-order valence-electron chi connectivity index (χ2n) is 4.29. The van der Waals surface area contributed by atoms with Crippen LogP contribution in [-0.2, 0) is 9.53 Å². The van der Waals surface area contributed by atoms with Crippen LogP contribution in [-0.4, -0.2) is 43.4 Å². The third kappa shape index (κ3) is 6.11. The summed E-state index contributed by atoms with van der Waals surface area (Å²) < 4.78 is 4.86. The third-order valence-corrected chi connectivity index (χ3v) is 2.71. The van der Waals surface area contributed by atoms with Crippen LogP contribution in [0.25, 0.3) is 0 Å². The molecule has 0 heterocycles. The van der Waals surface area contributed by atoms with Crippen molar-refractivity contribution in [1.29, 1.82) is 0 Å². The molecule has 0 aromatic heterocycles. The maximum absolute atomic E-state index is 11.5. The van der Waals surface area contributed by atoms with E-state index in [9.17, 15) is 9.59 Å². The molecule has 3 N–H and O–H groups in total. The SMILES string of the molecule is COCCCNC(=O)NC(CC(=O)O)C1CC1. The predicted octanol–water partition coefficient (Wildman–Crippen LogP) is 0.575. The van der Waals surface area contributed by atoms with Gasteiger partial charge in [-0.1, -0.05) is 0 Å². The number of carbonyl (C=O) groups excluding carboxylic acids is 1. The van der Waals surface area contributed by atoms with Crippen molar-refractivity contribution in [2.45, 2.75) is 31.7 Å². The van der Waals surface area contributed by atoms with Gasteiger partial charge in [0.25, 0.3) is 0 Å². The Morgan fingerprint density at radius 2 is 2.18 bits per heavy atom. The van der Waals surface area contributed by atoms with E-state index in [0.29, 0.717) is 19.1 Å². The zero-order valence-electron chi connectivity index (χ0n) is 10.1. The van der Waals surface area contributed by atoms with E-state index in [0.717, 1.165) is 19.3 Å². The van der Waals surface area contributed by atoms with Gasteiger partial charge in [0.1, 0.15) is 0 Å². The van der Waals surface area contributed by atoms with Crippen LogP contribution in [0.15, 0.2) is 0 Å². The minimum atomic E-state index is -0.874. The van der Waals surface area contributed by atoms with Gasteiger partial charge in [-0.05, 0) is 25.2 Å². The number of carboxylic acid groups (broad SMARTS) is 1. The monoisotopic (exact) mass is 244 g/mol. The number of hydrogen-bond acceptors (Lipinski definition) is 3. The number of hydrogen-bond donors (Lipinski definition) is 3. The summed E-state index contributed by atoms with van der Waals surface area (Å²) >= 11 is 0. The molecule has 1 atom stereocenters. The zero-order valence-corrected chi connectivity index (χ0v) is 10.1. The van der Waals surface area contributed by atoms with Gasteiger partial charge in [-0.2, -0.15) is 0 Å². The van der Waals surface area contributed by atoms with Gasteiger partial charge in [-0.3, -0.25) is 4.79 Å². The molecule has 1 rings (SSSR count). The molecule has 17 heavy (non-hydrogen) atoms. The number of rotatable bonds is 8. The lowest BCUT2D eigenvalue weighted by atomic mass is 10.1. The Balaban J connectivity index is 2.19. The number of carbonyl (C=O) groups is 2. The summed E-state index contributed by atoms with van der Waals surface area (Å²) in [5.74, 6) is -0.544. The summed E-state index contributed by atoms with van der Waals surface area (Å²) in [5, 5.41) is 14.1. The minimum absolute atomic E-state index is 0.00381. The molecule has 0 aromatic rings. The number of aliphatic carboxylic acids is 1. The molecule has 1 saturated carbocycles. The Morgan fingerprint density at radius 3 is 2.71 bits per heavy atom. The molecule has 1 fully saturated rings. The Morgan fingerprint density at radius 1 is 1.47 bits per heavy atom. The van der Waals surface area contributed by atoms with Gasteiger partial charge >= 0.3 is 12.0 Å². The average Bonchev–Trinajstić information content (AvgIpc) is 3.06. The highest BCUT2D eigenvalue weighted by Crippen LogP contribution is 2.33. The molecule has 0 radical (unpaired) electrons. The van der Waals surface area contributed by atoms with Crippen LogP contribution in [0.1, 0.15) is 25.7 Å². The van der Waals surface area contributed by atoms with Crippen molar-refractivity contribution in [3.63, 3.8) is 0 Å². The van der Waals surface area contributed by atoms with Crippen molar-refractivity contribution in [3.8, 4) is 0 Å². The largest absolute Gasteiger partial charge is 0.481 e. The molecule has 2 amide bonds. The van der Waals surface area contributed by atoms with Crippen molar-refractivity contribution in [2.24, 2.45) is 5.92 Å². The van der Waals surface area contributed by atoms with Gasteiger partial charge in [0.05, 0.1) is 6.42 Å². The van der Waals surface area contributed by atoms with Gasteiger partial charge < -0.3 is 20.5 Å². The van der Waals surface area contributed by atoms with Gasteiger partial charge in [-0.25, -0.2) is 4.79 Å². The van der Waals surface area contributed by atoms with E-state index < -0.39 is 5.97 Å². The standard InChI is InChI=1S/C11H20N2O4/c1-17-6-2-5-12-11(16)13-9(7-10(14)15)8-3-4-8/h8-9H,2-7H2,1H3,(H,14,15)(H2,12,13,16). The van der Waals surface area contributed by atoms with Gasteiger partial charge in [0.15, 0.2) is 0 Å². The maximum Gasteiger partial charge on any atom is 0.315 e. The maximum atomic E-state index is 11.5. The predicted molar refractivity (Wildman–Crippen MR) is 61.8 cm³/mol. The molecule has 0 aromatic carbocycles. The highest BCUT2D eigenvalue weighted by Gasteiger charge is 2.33. The van der Waals surface area contributed by atoms with Crippen LogP contribution < -0.4 is 10.6 Å². The first-order valence-corrected chi connectivity index (χ1v) is 5.88. The quantitative estimate of drug-likeness (QED) is 0.545. The van der Waals surface area contributed by atoms with E-state index in [1.807, 2.05) is 0 Å². The smallest absolute Gasteiger partial charge is 0.315 e. The number of urea groups is 1. The molecule has 98 valence electrons. The molecule has 1 unspecified atom stereocenters. The van der Waals surface area contributed by atoms with Crippen LogP contribution in [0, 0.1) is 5.92 Å². The average molecular weight is 244 g/mol. The fourth-order valence-corrected chi connectivity index (χ4v) is 1.66. The molecule has 0 bridgehead atoms. The lowest BCUT2D eigenvalue weighted by Gasteiger charge is -2.16. The summed E-state index contributed by atoms with van der Waals surface area (Å²) in [6.45, 7) is 1.13. The molecule has 0 saturated heterocycles. The Bertz CT molecular complexity index is 266. The Kier molecular flexibility index (Phi) is 5.76. The van der Waals surface area contributed by atoms with Crippen LogP contribution in [0.2, 0.25) is 0 Å². The Hall–Kier alpha value is -1.30. The second-order valence-corrected chi connectivity index (χ2v) is 4.29.